The monoisotopic (exact) mass is 301 g/mol. The van der Waals surface area contributed by atoms with Gasteiger partial charge >= 0.3 is 9.28 Å². The van der Waals surface area contributed by atoms with Crippen molar-refractivity contribution in [1.82, 2.24) is 0 Å². The van der Waals surface area contributed by atoms with Gasteiger partial charge in [0, 0.05) is 13.2 Å². The average Bonchev–Trinajstić information content (AvgIpc) is 2.18. The van der Waals surface area contributed by atoms with Gasteiger partial charge in [0.15, 0.2) is 0 Å². The lowest BCUT2D eigenvalue weighted by Crippen LogP contribution is -2.17. The molecule has 0 aliphatic rings. The zero-order chi connectivity index (χ0) is 14.3. The molecule has 0 aromatic rings. The molecule has 1 amide bonds. The quantitative estimate of drug-likeness (QED) is 0.408. The Balaban J connectivity index is -0.000000188. The van der Waals surface area contributed by atoms with Crippen molar-refractivity contribution in [2.45, 2.75) is 20.4 Å². The Morgan fingerprint density at radius 2 is 1.53 bits per heavy atom. The number of hydrogen-bond donors (Lipinski definition) is 3. The Morgan fingerprint density at radius 3 is 1.65 bits per heavy atom. The highest BCUT2D eigenvalue weighted by atomic mass is 32.1. The third kappa shape index (κ3) is 49.8. The van der Waals surface area contributed by atoms with Crippen molar-refractivity contribution in [3.63, 3.8) is 0 Å². The molecule has 0 aromatic carbocycles. The molecule has 103 valence electrons. The van der Waals surface area contributed by atoms with Gasteiger partial charge in [-0.15, -0.1) is 0 Å². The largest absolute Gasteiger partial charge is 0.475 e. The standard InChI is InChI=1S/C5H13O2Si.C2H5NOS.CH3NOS/c1-4-6-8(3)7-5-2;1-4-2(3)5;2-1(3)4/h4-5H2,1-3H3;1H3,(H2,3,5);(H3,2,3,4). The lowest BCUT2D eigenvalue weighted by molar-refractivity contribution is 0.219. The molecule has 0 aromatic heterocycles. The average molecular weight is 301 g/mol. The molecule has 0 atom stereocenters. The fourth-order valence-electron chi connectivity index (χ4n) is 0.448. The molecular formula is C8H21N2O4S2Si. The number of methoxy groups -OCH3 is 1. The molecule has 6 nitrogen and oxygen atoms in total. The SMILES string of the molecule is CCO[Si](C)OCC.COC(N)=S.NC(=O)S. The van der Waals surface area contributed by atoms with E-state index >= 15 is 0 Å². The first-order chi connectivity index (χ1) is 7.81. The van der Waals surface area contributed by atoms with Gasteiger partial charge in [0.25, 0.3) is 10.4 Å². The van der Waals surface area contributed by atoms with E-state index in [0.29, 0.717) is 0 Å². The molecule has 0 spiro atoms. The first kappa shape index (κ1) is 21.9. The number of amides is 1. The normalized spacial score (nSPS) is 8.35. The second-order valence-electron chi connectivity index (χ2n) is 2.22. The van der Waals surface area contributed by atoms with Gasteiger partial charge in [-0.3, -0.25) is 4.79 Å². The van der Waals surface area contributed by atoms with Gasteiger partial charge in [0.1, 0.15) is 0 Å². The maximum Gasteiger partial charge on any atom is 0.381 e. The molecule has 0 bridgehead atoms. The van der Waals surface area contributed by atoms with Crippen molar-refractivity contribution in [2.24, 2.45) is 11.5 Å². The molecule has 0 heterocycles. The molecule has 17 heavy (non-hydrogen) atoms. The first-order valence-corrected chi connectivity index (χ1v) is 7.39. The zero-order valence-corrected chi connectivity index (χ0v) is 13.3. The highest BCUT2D eigenvalue weighted by molar-refractivity contribution is 7.96. The highest BCUT2D eigenvalue weighted by Crippen LogP contribution is 1.85. The van der Waals surface area contributed by atoms with Crippen molar-refractivity contribution < 1.29 is 18.4 Å². The molecule has 9 heteroatoms. The molecule has 0 aliphatic heterocycles. The van der Waals surface area contributed by atoms with E-state index in [1.54, 1.807) is 0 Å². The Kier molecular flexibility index (Phi) is 23.2. The highest BCUT2D eigenvalue weighted by Gasteiger charge is 2.02. The number of carbonyl (C=O) groups excluding carboxylic acids is 1. The maximum absolute atomic E-state index is 9.09. The minimum atomic E-state index is -0.891. The van der Waals surface area contributed by atoms with Crippen molar-refractivity contribution >= 4 is 44.5 Å². The van der Waals surface area contributed by atoms with Gasteiger partial charge in [0.2, 0.25) is 0 Å². The van der Waals surface area contributed by atoms with Crippen LogP contribution in [-0.4, -0.2) is 40.0 Å². The predicted molar refractivity (Wildman–Crippen MR) is 77.2 cm³/mol. The number of thiocarbonyl (C=S) groups is 1. The first-order valence-electron chi connectivity index (χ1n) is 4.72. The van der Waals surface area contributed by atoms with E-state index in [1.165, 1.54) is 7.11 Å². The zero-order valence-electron chi connectivity index (χ0n) is 10.6. The number of ether oxygens (including phenoxy) is 1. The summed E-state index contributed by atoms with van der Waals surface area (Å²) in [6.07, 6.45) is 0. The molecule has 4 N–H and O–H groups in total. The van der Waals surface area contributed by atoms with Gasteiger partial charge in [-0.25, -0.2) is 0 Å². The second kappa shape index (κ2) is 18.0. The van der Waals surface area contributed by atoms with Crippen LogP contribution in [0.25, 0.3) is 0 Å². The Labute approximate surface area is 115 Å². The molecule has 0 aliphatic carbocycles. The third-order valence-corrected chi connectivity index (χ3v) is 2.45. The molecule has 0 fully saturated rings. The maximum atomic E-state index is 9.09. The summed E-state index contributed by atoms with van der Waals surface area (Å²) < 4.78 is 14.6. The Bertz CT molecular complexity index is 188. The Hall–Kier alpha value is -0.353. The number of carbonyl (C=O) groups is 1. The fourth-order valence-corrected chi connectivity index (χ4v) is 1.34. The summed E-state index contributed by atoms with van der Waals surface area (Å²) in [6, 6.07) is 0. The topological polar surface area (TPSA) is 96.8 Å². The number of nitrogens with two attached hydrogens (primary N) is 2. The number of thiol groups is 1. The van der Waals surface area contributed by atoms with Gasteiger partial charge in [-0.2, -0.15) is 0 Å². The molecular weight excluding hydrogens is 280 g/mol. The molecule has 0 saturated heterocycles. The number of hydrogen-bond acceptors (Lipinski definition) is 5. The van der Waals surface area contributed by atoms with Crippen LogP contribution in [0.4, 0.5) is 4.79 Å². The lowest BCUT2D eigenvalue weighted by atomic mass is 10.9. The smallest absolute Gasteiger partial charge is 0.381 e. The van der Waals surface area contributed by atoms with Crippen molar-refractivity contribution in [3.05, 3.63) is 0 Å². The second-order valence-corrected chi connectivity index (χ2v) is 4.62. The molecule has 1 radical (unpaired) electrons. The van der Waals surface area contributed by atoms with E-state index in [4.69, 9.17) is 19.4 Å². The van der Waals surface area contributed by atoms with Gasteiger partial charge < -0.3 is 25.1 Å². The Morgan fingerprint density at radius 1 is 1.29 bits per heavy atom. The van der Waals surface area contributed by atoms with E-state index in [-0.39, 0.29) is 5.17 Å². The van der Waals surface area contributed by atoms with Crippen molar-refractivity contribution in [3.8, 4) is 0 Å². The summed E-state index contributed by atoms with van der Waals surface area (Å²) in [4.78, 5) is 9.09. The van der Waals surface area contributed by atoms with Crippen LogP contribution in [0.2, 0.25) is 6.55 Å². The van der Waals surface area contributed by atoms with Gasteiger partial charge in [-0.1, -0.05) is 12.6 Å². The van der Waals surface area contributed by atoms with E-state index in [1.807, 2.05) is 20.4 Å². The van der Waals surface area contributed by atoms with E-state index in [2.05, 4.69) is 35.3 Å². The van der Waals surface area contributed by atoms with Crippen LogP contribution in [0.1, 0.15) is 13.8 Å². The van der Waals surface area contributed by atoms with Crippen LogP contribution in [-0.2, 0) is 13.6 Å². The summed E-state index contributed by atoms with van der Waals surface area (Å²) in [6.45, 7) is 7.49. The van der Waals surface area contributed by atoms with E-state index in [9.17, 15) is 0 Å². The van der Waals surface area contributed by atoms with Crippen molar-refractivity contribution in [1.29, 1.82) is 0 Å². The predicted octanol–water partition coefficient (Wildman–Crippen LogP) is 1.05. The molecule has 0 unspecified atom stereocenters. The summed E-state index contributed by atoms with van der Waals surface area (Å²) in [5.74, 6) is 0. The minimum absolute atomic E-state index is 0.0880. The van der Waals surface area contributed by atoms with Crippen LogP contribution < -0.4 is 11.5 Å². The van der Waals surface area contributed by atoms with Crippen LogP contribution >= 0.6 is 24.8 Å². The lowest BCUT2D eigenvalue weighted by Gasteiger charge is -2.05. The summed E-state index contributed by atoms with van der Waals surface area (Å²) in [7, 11) is 0.541. The third-order valence-electron chi connectivity index (χ3n) is 0.896. The van der Waals surface area contributed by atoms with Crippen LogP contribution in [0.5, 0.6) is 0 Å². The van der Waals surface area contributed by atoms with Crippen LogP contribution in [0.3, 0.4) is 0 Å². The van der Waals surface area contributed by atoms with E-state index < -0.39 is 14.5 Å². The summed E-state index contributed by atoms with van der Waals surface area (Å²) in [5, 5.41) is -0.551. The number of primary amides is 1. The minimum Gasteiger partial charge on any atom is -0.475 e. The molecule has 0 saturated carbocycles. The summed E-state index contributed by atoms with van der Waals surface area (Å²) in [5.41, 5.74) is 9.14. The van der Waals surface area contributed by atoms with Crippen LogP contribution in [0, 0.1) is 0 Å². The van der Waals surface area contributed by atoms with Crippen LogP contribution in [0.15, 0.2) is 0 Å². The van der Waals surface area contributed by atoms with Gasteiger partial charge in [0.05, 0.1) is 7.11 Å². The number of rotatable bonds is 4. The van der Waals surface area contributed by atoms with E-state index in [0.717, 1.165) is 13.2 Å². The van der Waals surface area contributed by atoms with Crippen molar-refractivity contribution in [2.75, 3.05) is 20.3 Å². The molecule has 0 rings (SSSR count). The summed E-state index contributed by atoms with van der Waals surface area (Å²) >= 11 is 7.36. The fraction of sp³-hybridized carbons (Fsp3) is 0.750. The van der Waals surface area contributed by atoms with Gasteiger partial charge in [-0.05, 0) is 32.6 Å².